The normalized spacial score (nSPS) is 15.8. The van der Waals surface area contributed by atoms with Crippen LogP contribution in [0.4, 0.5) is 0 Å². The summed E-state index contributed by atoms with van der Waals surface area (Å²) < 4.78 is 0. The molecule has 1 aromatic rings. The van der Waals surface area contributed by atoms with Gasteiger partial charge >= 0.3 is 0 Å². The van der Waals surface area contributed by atoms with Crippen LogP contribution in [0.5, 0.6) is 0 Å². The van der Waals surface area contributed by atoms with Crippen molar-refractivity contribution in [2.75, 3.05) is 19.6 Å². The maximum Gasteiger partial charge on any atom is 0.191 e. The zero-order chi connectivity index (χ0) is 14.5. The lowest BCUT2D eigenvalue weighted by Crippen LogP contribution is -2.41. The molecule has 0 aliphatic carbocycles. The van der Waals surface area contributed by atoms with Crippen LogP contribution >= 0.6 is 24.0 Å². The summed E-state index contributed by atoms with van der Waals surface area (Å²) in [6.07, 6.45) is 4.79. The highest BCUT2D eigenvalue weighted by atomic mass is 127. The topological polar surface area (TPSA) is 41.6 Å². The summed E-state index contributed by atoms with van der Waals surface area (Å²) in [6, 6.07) is 4.50. The number of aliphatic imine (C=N–C) groups is 1. The van der Waals surface area contributed by atoms with Crippen molar-refractivity contribution in [2.45, 2.75) is 46.5 Å². The molecule has 21 heavy (non-hydrogen) atoms. The van der Waals surface area contributed by atoms with Gasteiger partial charge in [-0.3, -0.25) is 4.99 Å². The van der Waals surface area contributed by atoms with Gasteiger partial charge in [-0.1, -0.05) is 17.7 Å². The first kappa shape index (κ1) is 18.3. The highest BCUT2D eigenvalue weighted by molar-refractivity contribution is 14.0. The Labute approximate surface area is 146 Å². The minimum atomic E-state index is 0. The van der Waals surface area contributed by atoms with Gasteiger partial charge in [0.15, 0.2) is 5.96 Å². The van der Waals surface area contributed by atoms with E-state index in [9.17, 15) is 0 Å². The van der Waals surface area contributed by atoms with Gasteiger partial charge in [0.05, 0.1) is 0 Å². The minimum Gasteiger partial charge on any atom is -0.370 e. The fourth-order valence-corrected chi connectivity index (χ4v) is 3.11. The molecule has 2 rings (SSSR count). The molecule has 3 nitrogen and oxygen atoms in total. The lowest BCUT2D eigenvalue weighted by atomic mass is 9.97. The van der Waals surface area contributed by atoms with Crippen LogP contribution in [0.1, 0.15) is 41.5 Å². The highest BCUT2D eigenvalue weighted by Gasteiger charge is 2.11. The van der Waals surface area contributed by atoms with Gasteiger partial charge in [0.25, 0.3) is 0 Å². The van der Waals surface area contributed by atoms with Crippen LogP contribution in [0.3, 0.4) is 0 Å². The number of hydrogen-bond acceptors (Lipinski definition) is 1. The molecule has 0 bridgehead atoms. The summed E-state index contributed by atoms with van der Waals surface area (Å²) >= 11 is 0. The molecule has 1 heterocycles. The van der Waals surface area contributed by atoms with Crippen molar-refractivity contribution in [1.29, 1.82) is 0 Å². The van der Waals surface area contributed by atoms with E-state index in [-0.39, 0.29) is 24.0 Å². The molecule has 0 saturated carbocycles. The van der Waals surface area contributed by atoms with E-state index >= 15 is 0 Å². The average Bonchev–Trinajstić information content (AvgIpc) is 2.42. The second kappa shape index (κ2) is 8.61. The molecule has 0 unspecified atom stereocenters. The Bertz CT molecular complexity index is 468. The first-order chi connectivity index (χ1) is 9.58. The zero-order valence-electron chi connectivity index (χ0n) is 13.5. The van der Waals surface area contributed by atoms with Crippen LogP contribution in [0.2, 0.25) is 0 Å². The molecule has 0 radical (unpaired) electrons. The van der Waals surface area contributed by atoms with Crippen molar-refractivity contribution in [1.82, 2.24) is 4.90 Å². The van der Waals surface area contributed by atoms with Crippen molar-refractivity contribution >= 4 is 29.9 Å². The fraction of sp³-hybridized carbons (Fsp3) is 0.588. The number of hydrogen-bond donors (Lipinski definition) is 1. The standard InChI is InChI=1S/C17H27N3.HI/c1-13-11-14(2)16(15(3)12-13)7-8-19-17(18)20-9-5-4-6-10-20;/h11-12H,4-10H2,1-3H3,(H2,18,19);1H. The largest absolute Gasteiger partial charge is 0.370 e. The molecule has 0 spiro atoms. The molecule has 1 aromatic carbocycles. The van der Waals surface area contributed by atoms with E-state index in [0.717, 1.165) is 32.0 Å². The Morgan fingerprint density at radius 3 is 2.24 bits per heavy atom. The number of piperidine rings is 1. The lowest BCUT2D eigenvalue weighted by Gasteiger charge is -2.27. The summed E-state index contributed by atoms with van der Waals surface area (Å²) in [5.74, 6) is 0.729. The second-order valence-corrected chi connectivity index (χ2v) is 5.91. The second-order valence-electron chi connectivity index (χ2n) is 5.91. The van der Waals surface area contributed by atoms with E-state index in [0.29, 0.717) is 0 Å². The van der Waals surface area contributed by atoms with Crippen molar-refractivity contribution in [3.05, 3.63) is 34.4 Å². The van der Waals surface area contributed by atoms with Crippen LogP contribution in [-0.4, -0.2) is 30.5 Å². The van der Waals surface area contributed by atoms with Gasteiger partial charge in [-0.25, -0.2) is 0 Å². The van der Waals surface area contributed by atoms with Crippen LogP contribution in [0, 0.1) is 20.8 Å². The summed E-state index contributed by atoms with van der Waals surface area (Å²) in [7, 11) is 0. The molecule has 118 valence electrons. The third kappa shape index (κ3) is 5.16. The SMILES string of the molecule is Cc1cc(C)c(CCN=C(N)N2CCCCC2)c(C)c1.I. The number of halogens is 1. The Balaban J connectivity index is 0.00000220. The number of nitrogens with two attached hydrogens (primary N) is 1. The van der Waals surface area contributed by atoms with Gasteiger partial charge in [-0.2, -0.15) is 0 Å². The fourth-order valence-electron chi connectivity index (χ4n) is 3.11. The Kier molecular flexibility index (Phi) is 7.49. The third-order valence-electron chi connectivity index (χ3n) is 4.16. The number of benzene rings is 1. The van der Waals surface area contributed by atoms with E-state index in [1.165, 1.54) is 41.5 Å². The van der Waals surface area contributed by atoms with E-state index < -0.39 is 0 Å². The van der Waals surface area contributed by atoms with Crippen LogP contribution in [-0.2, 0) is 6.42 Å². The van der Waals surface area contributed by atoms with E-state index in [1.54, 1.807) is 0 Å². The number of likely N-dealkylation sites (tertiary alicyclic amines) is 1. The molecule has 0 amide bonds. The molecule has 0 aromatic heterocycles. The van der Waals surface area contributed by atoms with E-state index in [1.807, 2.05) is 0 Å². The number of aryl methyl sites for hydroxylation is 3. The van der Waals surface area contributed by atoms with Gasteiger partial charge in [0, 0.05) is 19.6 Å². The molecular formula is C17H28IN3. The molecule has 1 saturated heterocycles. The Hall–Kier alpha value is -0.780. The molecule has 1 aliphatic rings. The predicted octanol–water partition coefficient (Wildman–Crippen LogP) is 3.57. The molecule has 0 atom stereocenters. The predicted molar refractivity (Wildman–Crippen MR) is 102 cm³/mol. The number of nitrogens with zero attached hydrogens (tertiary/aromatic N) is 2. The maximum absolute atomic E-state index is 6.09. The zero-order valence-corrected chi connectivity index (χ0v) is 15.8. The van der Waals surface area contributed by atoms with Gasteiger partial charge < -0.3 is 10.6 Å². The minimum absolute atomic E-state index is 0. The van der Waals surface area contributed by atoms with Gasteiger partial charge in [-0.05, 0) is 63.1 Å². The lowest BCUT2D eigenvalue weighted by molar-refractivity contribution is 0.338. The molecular weight excluding hydrogens is 373 g/mol. The van der Waals surface area contributed by atoms with Crippen LogP contribution in [0.25, 0.3) is 0 Å². The summed E-state index contributed by atoms with van der Waals surface area (Å²) in [5.41, 5.74) is 11.6. The third-order valence-corrected chi connectivity index (χ3v) is 4.16. The van der Waals surface area contributed by atoms with Gasteiger partial charge in [0.2, 0.25) is 0 Å². The molecule has 1 aliphatic heterocycles. The van der Waals surface area contributed by atoms with Crippen molar-refractivity contribution in [3.63, 3.8) is 0 Å². The van der Waals surface area contributed by atoms with Crippen LogP contribution < -0.4 is 5.73 Å². The molecule has 2 N–H and O–H groups in total. The van der Waals surface area contributed by atoms with Crippen LogP contribution in [0.15, 0.2) is 17.1 Å². The maximum atomic E-state index is 6.09. The van der Waals surface area contributed by atoms with E-state index in [2.05, 4.69) is 42.8 Å². The summed E-state index contributed by atoms with van der Waals surface area (Å²) in [5, 5.41) is 0. The summed E-state index contributed by atoms with van der Waals surface area (Å²) in [4.78, 5) is 6.79. The number of guanidine groups is 1. The average molecular weight is 401 g/mol. The Morgan fingerprint density at radius 1 is 1.10 bits per heavy atom. The monoisotopic (exact) mass is 401 g/mol. The van der Waals surface area contributed by atoms with Crippen molar-refractivity contribution in [3.8, 4) is 0 Å². The quantitative estimate of drug-likeness (QED) is 0.478. The highest BCUT2D eigenvalue weighted by Crippen LogP contribution is 2.17. The molecule has 1 fully saturated rings. The van der Waals surface area contributed by atoms with E-state index in [4.69, 9.17) is 5.73 Å². The van der Waals surface area contributed by atoms with Crippen molar-refractivity contribution < 1.29 is 0 Å². The first-order valence-corrected chi connectivity index (χ1v) is 7.69. The molecule has 4 heteroatoms. The Morgan fingerprint density at radius 2 is 1.67 bits per heavy atom. The van der Waals surface area contributed by atoms with Gasteiger partial charge in [0.1, 0.15) is 0 Å². The smallest absolute Gasteiger partial charge is 0.191 e. The first-order valence-electron chi connectivity index (χ1n) is 7.69. The van der Waals surface area contributed by atoms with Gasteiger partial charge in [-0.15, -0.1) is 24.0 Å². The summed E-state index contributed by atoms with van der Waals surface area (Å²) in [6.45, 7) is 9.44. The number of rotatable bonds is 3. The van der Waals surface area contributed by atoms with Crippen molar-refractivity contribution in [2.24, 2.45) is 10.7 Å².